The average molecular weight is 333 g/mol. The Balaban J connectivity index is 1.57. The Labute approximate surface area is 143 Å². The molecule has 0 spiro atoms. The third kappa shape index (κ3) is 4.39. The highest BCUT2D eigenvalue weighted by Gasteiger charge is 2.19. The lowest BCUT2D eigenvalue weighted by atomic mass is 10.1. The number of ether oxygens (including phenoxy) is 2. The third-order valence-electron chi connectivity index (χ3n) is 4.67. The van der Waals surface area contributed by atoms with Crippen molar-refractivity contribution in [3.63, 3.8) is 0 Å². The number of likely N-dealkylation sites (tertiary alicyclic amines) is 1. The zero-order valence-corrected chi connectivity index (χ0v) is 14.2. The first-order valence-corrected chi connectivity index (χ1v) is 8.86. The number of amides is 1. The van der Waals surface area contributed by atoms with Crippen LogP contribution < -0.4 is 10.5 Å². The Morgan fingerprint density at radius 3 is 2.62 bits per heavy atom. The van der Waals surface area contributed by atoms with Gasteiger partial charge in [-0.2, -0.15) is 0 Å². The Morgan fingerprint density at radius 1 is 1.12 bits per heavy atom. The first-order valence-electron chi connectivity index (χ1n) is 8.86. The van der Waals surface area contributed by atoms with Gasteiger partial charge in [0.2, 0.25) is 0 Å². The van der Waals surface area contributed by atoms with Crippen LogP contribution in [0.5, 0.6) is 5.75 Å². The van der Waals surface area contributed by atoms with E-state index in [-0.39, 0.29) is 5.91 Å². The van der Waals surface area contributed by atoms with Crippen molar-refractivity contribution in [2.24, 2.45) is 0 Å². The molecule has 2 fully saturated rings. The molecule has 2 N–H and O–H groups in total. The molecular formula is C18H27N3O3. The van der Waals surface area contributed by atoms with Crippen molar-refractivity contribution < 1.29 is 14.3 Å². The molecule has 2 saturated heterocycles. The van der Waals surface area contributed by atoms with E-state index in [1.165, 1.54) is 6.42 Å². The molecule has 1 aromatic rings. The average Bonchev–Trinajstić information content (AvgIpc) is 2.64. The Kier molecular flexibility index (Phi) is 5.93. The number of hydrogen-bond donors (Lipinski definition) is 1. The van der Waals surface area contributed by atoms with Crippen LogP contribution in [0.25, 0.3) is 0 Å². The Bertz CT molecular complexity index is 552. The number of piperidine rings is 1. The van der Waals surface area contributed by atoms with E-state index in [2.05, 4.69) is 4.90 Å². The number of nitrogens with zero attached hydrogens (tertiary/aromatic N) is 2. The molecule has 2 aliphatic rings. The quantitative estimate of drug-likeness (QED) is 0.829. The highest BCUT2D eigenvalue weighted by molar-refractivity contribution is 5.95. The third-order valence-corrected chi connectivity index (χ3v) is 4.67. The molecule has 0 atom stereocenters. The first kappa shape index (κ1) is 17.0. The summed E-state index contributed by atoms with van der Waals surface area (Å²) in [7, 11) is 0. The van der Waals surface area contributed by atoms with Gasteiger partial charge in [0.05, 0.1) is 18.9 Å². The highest BCUT2D eigenvalue weighted by atomic mass is 16.5. The van der Waals surface area contributed by atoms with Crippen LogP contribution in [0.3, 0.4) is 0 Å². The summed E-state index contributed by atoms with van der Waals surface area (Å²) in [5.41, 5.74) is 7.24. The van der Waals surface area contributed by atoms with Gasteiger partial charge in [0, 0.05) is 38.3 Å². The van der Waals surface area contributed by atoms with Crippen molar-refractivity contribution in [2.45, 2.75) is 19.3 Å². The minimum atomic E-state index is 0.0766. The highest BCUT2D eigenvalue weighted by Crippen LogP contribution is 2.24. The van der Waals surface area contributed by atoms with Crippen molar-refractivity contribution in [2.75, 3.05) is 58.3 Å². The van der Waals surface area contributed by atoms with Crippen LogP contribution in [0.4, 0.5) is 5.69 Å². The number of nitrogens with two attached hydrogens (primary N) is 1. The molecule has 0 unspecified atom stereocenters. The summed E-state index contributed by atoms with van der Waals surface area (Å²) in [6, 6.07) is 5.34. The van der Waals surface area contributed by atoms with Gasteiger partial charge >= 0.3 is 0 Å². The SMILES string of the molecule is Nc1ccc(C(=O)N2CCCCC2)cc1OCCN1CCOCC1. The minimum Gasteiger partial charge on any atom is -0.490 e. The summed E-state index contributed by atoms with van der Waals surface area (Å²) >= 11 is 0. The van der Waals surface area contributed by atoms with E-state index < -0.39 is 0 Å². The van der Waals surface area contributed by atoms with E-state index in [0.29, 0.717) is 23.6 Å². The van der Waals surface area contributed by atoms with Crippen LogP contribution in [0, 0.1) is 0 Å². The van der Waals surface area contributed by atoms with Crippen LogP contribution in [0.2, 0.25) is 0 Å². The van der Waals surface area contributed by atoms with Crippen LogP contribution in [-0.2, 0) is 4.74 Å². The van der Waals surface area contributed by atoms with E-state index in [1.807, 2.05) is 4.90 Å². The minimum absolute atomic E-state index is 0.0766. The van der Waals surface area contributed by atoms with Gasteiger partial charge < -0.3 is 20.1 Å². The van der Waals surface area contributed by atoms with E-state index in [4.69, 9.17) is 15.2 Å². The summed E-state index contributed by atoms with van der Waals surface area (Å²) in [6.07, 6.45) is 3.38. The molecule has 6 heteroatoms. The maximum atomic E-state index is 12.6. The molecule has 132 valence electrons. The van der Waals surface area contributed by atoms with Crippen molar-refractivity contribution >= 4 is 11.6 Å². The van der Waals surface area contributed by atoms with Crippen LogP contribution >= 0.6 is 0 Å². The van der Waals surface area contributed by atoms with Gasteiger partial charge in [-0.25, -0.2) is 0 Å². The Morgan fingerprint density at radius 2 is 1.88 bits per heavy atom. The molecule has 1 amide bonds. The molecule has 0 bridgehead atoms. The second-order valence-corrected chi connectivity index (χ2v) is 6.41. The largest absolute Gasteiger partial charge is 0.490 e. The smallest absolute Gasteiger partial charge is 0.253 e. The lowest BCUT2D eigenvalue weighted by Gasteiger charge is -2.27. The predicted octanol–water partition coefficient (Wildman–Crippen LogP) is 1.61. The molecule has 1 aromatic carbocycles. The van der Waals surface area contributed by atoms with Gasteiger partial charge in [-0.05, 0) is 37.5 Å². The lowest BCUT2D eigenvalue weighted by molar-refractivity contribution is 0.0323. The summed E-state index contributed by atoms with van der Waals surface area (Å²) in [4.78, 5) is 16.8. The van der Waals surface area contributed by atoms with Crippen LogP contribution in [0.1, 0.15) is 29.6 Å². The van der Waals surface area contributed by atoms with Gasteiger partial charge in [-0.15, -0.1) is 0 Å². The maximum Gasteiger partial charge on any atom is 0.253 e. The summed E-state index contributed by atoms with van der Waals surface area (Å²) < 4.78 is 11.2. The van der Waals surface area contributed by atoms with Crippen molar-refractivity contribution in [3.05, 3.63) is 23.8 Å². The molecule has 3 rings (SSSR count). The van der Waals surface area contributed by atoms with Crippen molar-refractivity contribution in [1.29, 1.82) is 0 Å². The maximum absolute atomic E-state index is 12.6. The molecule has 0 aliphatic carbocycles. The van der Waals surface area contributed by atoms with E-state index in [0.717, 1.165) is 58.8 Å². The Hall–Kier alpha value is -1.79. The number of morpholine rings is 1. The molecular weight excluding hydrogens is 306 g/mol. The number of hydrogen-bond acceptors (Lipinski definition) is 5. The number of nitrogen functional groups attached to an aromatic ring is 1. The van der Waals surface area contributed by atoms with E-state index in [1.54, 1.807) is 18.2 Å². The summed E-state index contributed by atoms with van der Waals surface area (Å²) in [5, 5.41) is 0. The van der Waals surface area contributed by atoms with Gasteiger partial charge in [0.25, 0.3) is 5.91 Å². The van der Waals surface area contributed by atoms with Gasteiger partial charge in [-0.3, -0.25) is 9.69 Å². The number of carbonyl (C=O) groups excluding carboxylic acids is 1. The number of carbonyl (C=O) groups is 1. The van der Waals surface area contributed by atoms with E-state index >= 15 is 0 Å². The summed E-state index contributed by atoms with van der Waals surface area (Å²) in [5.74, 6) is 0.679. The van der Waals surface area contributed by atoms with Crippen molar-refractivity contribution in [1.82, 2.24) is 9.80 Å². The summed E-state index contributed by atoms with van der Waals surface area (Å²) in [6.45, 7) is 6.52. The van der Waals surface area contributed by atoms with Gasteiger partial charge in [-0.1, -0.05) is 0 Å². The molecule has 24 heavy (non-hydrogen) atoms. The fourth-order valence-electron chi connectivity index (χ4n) is 3.18. The second-order valence-electron chi connectivity index (χ2n) is 6.41. The van der Waals surface area contributed by atoms with E-state index in [9.17, 15) is 4.79 Å². The number of rotatable bonds is 5. The fourth-order valence-corrected chi connectivity index (χ4v) is 3.18. The van der Waals surface area contributed by atoms with Gasteiger partial charge in [0.1, 0.15) is 12.4 Å². The molecule has 2 aliphatic heterocycles. The number of anilines is 1. The predicted molar refractivity (Wildman–Crippen MR) is 93.4 cm³/mol. The molecule has 0 saturated carbocycles. The fraction of sp³-hybridized carbons (Fsp3) is 0.611. The second kappa shape index (κ2) is 8.35. The van der Waals surface area contributed by atoms with Crippen LogP contribution in [-0.4, -0.2) is 68.3 Å². The molecule has 0 radical (unpaired) electrons. The number of benzene rings is 1. The molecule has 0 aromatic heterocycles. The monoisotopic (exact) mass is 333 g/mol. The molecule has 6 nitrogen and oxygen atoms in total. The van der Waals surface area contributed by atoms with Crippen LogP contribution in [0.15, 0.2) is 18.2 Å². The molecule has 2 heterocycles. The zero-order chi connectivity index (χ0) is 16.8. The van der Waals surface area contributed by atoms with Crippen molar-refractivity contribution in [3.8, 4) is 5.75 Å². The normalized spacial score (nSPS) is 19.2. The zero-order valence-electron chi connectivity index (χ0n) is 14.2. The lowest BCUT2D eigenvalue weighted by Crippen LogP contribution is -2.38. The topological polar surface area (TPSA) is 68.0 Å². The van der Waals surface area contributed by atoms with Gasteiger partial charge in [0.15, 0.2) is 0 Å². The standard InChI is InChI=1S/C18H27N3O3/c19-16-5-4-15(18(22)21-6-2-1-3-7-21)14-17(16)24-13-10-20-8-11-23-12-9-20/h4-5,14H,1-3,6-13,19H2. The first-order chi connectivity index (χ1) is 11.7.